The van der Waals surface area contributed by atoms with E-state index in [9.17, 15) is 0 Å². The molecule has 7 heteroatoms. The quantitative estimate of drug-likeness (QED) is 0.557. The van der Waals surface area contributed by atoms with Gasteiger partial charge in [-0.1, -0.05) is 28.9 Å². The number of hydrogen-bond acceptors (Lipinski definition) is 5. The highest BCUT2D eigenvalue weighted by Gasteiger charge is 2.12. The van der Waals surface area contributed by atoms with Gasteiger partial charge in [-0.3, -0.25) is 0 Å². The SMILES string of the molecule is CCCn1nnc2cc(-c3noc(-c4ccc(Cl)cc4)n3)ccc21. The van der Waals surface area contributed by atoms with Crippen LogP contribution >= 0.6 is 11.6 Å². The van der Waals surface area contributed by atoms with Crippen molar-refractivity contribution in [2.75, 3.05) is 0 Å². The molecule has 24 heavy (non-hydrogen) atoms. The third-order valence-electron chi connectivity index (χ3n) is 3.72. The van der Waals surface area contributed by atoms with Crippen LogP contribution in [0.4, 0.5) is 0 Å². The second-order valence-corrected chi connectivity index (χ2v) is 5.88. The Hall–Kier alpha value is -2.73. The van der Waals surface area contributed by atoms with E-state index in [4.69, 9.17) is 16.1 Å². The molecule has 0 unspecified atom stereocenters. The van der Waals surface area contributed by atoms with Crippen LogP contribution in [0.5, 0.6) is 0 Å². The van der Waals surface area contributed by atoms with Crippen molar-refractivity contribution in [3.05, 3.63) is 47.5 Å². The van der Waals surface area contributed by atoms with Crippen LogP contribution in [0.3, 0.4) is 0 Å². The lowest BCUT2D eigenvalue weighted by atomic mass is 10.2. The molecule has 0 atom stereocenters. The first-order valence-corrected chi connectivity index (χ1v) is 8.05. The summed E-state index contributed by atoms with van der Waals surface area (Å²) < 4.78 is 7.25. The van der Waals surface area contributed by atoms with Crippen LogP contribution in [0.2, 0.25) is 5.02 Å². The number of rotatable bonds is 4. The lowest BCUT2D eigenvalue weighted by Crippen LogP contribution is -1.98. The number of fused-ring (bicyclic) bond motifs is 1. The average molecular weight is 340 g/mol. The smallest absolute Gasteiger partial charge is 0.258 e. The van der Waals surface area contributed by atoms with Crippen LogP contribution in [0.15, 0.2) is 47.0 Å². The summed E-state index contributed by atoms with van der Waals surface area (Å²) in [6, 6.07) is 13.1. The molecule has 0 amide bonds. The molecule has 2 aromatic heterocycles. The topological polar surface area (TPSA) is 69.6 Å². The highest BCUT2D eigenvalue weighted by molar-refractivity contribution is 6.30. The predicted octanol–water partition coefficient (Wildman–Crippen LogP) is 4.21. The van der Waals surface area contributed by atoms with Gasteiger partial charge in [0, 0.05) is 22.7 Å². The van der Waals surface area contributed by atoms with E-state index in [0.717, 1.165) is 35.1 Å². The fourth-order valence-electron chi connectivity index (χ4n) is 2.54. The molecular formula is C17H14ClN5O. The summed E-state index contributed by atoms with van der Waals surface area (Å²) in [5.41, 5.74) is 3.49. The molecule has 6 nitrogen and oxygen atoms in total. The zero-order valence-electron chi connectivity index (χ0n) is 13.0. The second-order valence-electron chi connectivity index (χ2n) is 5.45. The van der Waals surface area contributed by atoms with Crippen molar-refractivity contribution in [3.8, 4) is 22.8 Å². The van der Waals surface area contributed by atoms with Gasteiger partial charge in [0.25, 0.3) is 5.89 Å². The molecule has 4 rings (SSSR count). The average Bonchev–Trinajstić information content (AvgIpc) is 3.23. The minimum absolute atomic E-state index is 0.455. The predicted molar refractivity (Wildman–Crippen MR) is 91.6 cm³/mol. The number of hydrogen-bond donors (Lipinski definition) is 0. The third-order valence-corrected chi connectivity index (χ3v) is 3.98. The summed E-state index contributed by atoms with van der Waals surface area (Å²) in [5.74, 6) is 0.975. The Balaban J connectivity index is 1.69. The zero-order chi connectivity index (χ0) is 16.5. The first kappa shape index (κ1) is 14.8. The lowest BCUT2D eigenvalue weighted by Gasteiger charge is -1.99. The highest BCUT2D eigenvalue weighted by atomic mass is 35.5. The van der Waals surface area contributed by atoms with Crippen LogP contribution in [0.1, 0.15) is 13.3 Å². The number of aryl methyl sites for hydroxylation is 1. The van der Waals surface area contributed by atoms with Crippen LogP contribution in [-0.2, 0) is 6.54 Å². The fourth-order valence-corrected chi connectivity index (χ4v) is 2.66. The van der Waals surface area contributed by atoms with Crippen molar-refractivity contribution in [3.63, 3.8) is 0 Å². The Bertz CT molecular complexity index is 990. The van der Waals surface area contributed by atoms with E-state index in [0.29, 0.717) is 16.7 Å². The van der Waals surface area contributed by atoms with Crippen molar-refractivity contribution in [1.82, 2.24) is 25.1 Å². The normalized spacial score (nSPS) is 11.2. The van der Waals surface area contributed by atoms with E-state index >= 15 is 0 Å². The third kappa shape index (κ3) is 2.65. The second kappa shape index (κ2) is 6.05. The molecule has 0 aliphatic carbocycles. The van der Waals surface area contributed by atoms with Gasteiger partial charge in [0.1, 0.15) is 5.52 Å². The number of benzene rings is 2. The van der Waals surface area contributed by atoms with Gasteiger partial charge in [-0.25, -0.2) is 4.68 Å². The molecule has 0 bridgehead atoms. The van der Waals surface area contributed by atoms with Crippen molar-refractivity contribution in [2.45, 2.75) is 19.9 Å². The van der Waals surface area contributed by atoms with Gasteiger partial charge in [0.15, 0.2) is 0 Å². The van der Waals surface area contributed by atoms with E-state index in [1.54, 1.807) is 12.1 Å². The molecule has 0 N–H and O–H groups in total. The van der Waals surface area contributed by atoms with E-state index in [1.165, 1.54) is 0 Å². The number of halogens is 1. The van der Waals surface area contributed by atoms with E-state index in [-0.39, 0.29) is 0 Å². The van der Waals surface area contributed by atoms with Crippen molar-refractivity contribution >= 4 is 22.6 Å². The van der Waals surface area contributed by atoms with Gasteiger partial charge < -0.3 is 4.52 Å². The molecule has 0 aliphatic heterocycles. The Morgan fingerprint density at radius 2 is 1.88 bits per heavy atom. The largest absolute Gasteiger partial charge is 0.334 e. The summed E-state index contributed by atoms with van der Waals surface area (Å²) in [7, 11) is 0. The van der Waals surface area contributed by atoms with E-state index in [2.05, 4.69) is 27.4 Å². The molecule has 2 heterocycles. The van der Waals surface area contributed by atoms with E-state index < -0.39 is 0 Å². The summed E-state index contributed by atoms with van der Waals surface area (Å²) in [5, 5.41) is 13.1. The molecule has 0 saturated heterocycles. The summed E-state index contributed by atoms with van der Waals surface area (Å²) in [6.07, 6.45) is 1.01. The first-order valence-electron chi connectivity index (χ1n) is 7.68. The van der Waals surface area contributed by atoms with Crippen molar-refractivity contribution in [1.29, 1.82) is 0 Å². The Kier molecular flexibility index (Phi) is 3.74. The molecule has 0 saturated carbocycles. The van der Waals surface area contributed by atoms with Gasteiger partial charge >= 0.3 is 0 Å². The summed E-state index contributed by atoms with van der Waals surface area (Å²) >= 11 is 5.90. The Labute approximate surface area is 143 Å². The maximum absolute atomic E-state index is 5.90. The summed E-state index contributed by atoms with van der Waals surface area (Å²) in [6.45, 7) is 2.96. The molecule has 120 valence electrons. The Morgan fingerprint density at radius 1 is 1.08 bits per heavy atom. The molecule has 0 fully saturated rings. The number of aromatic nitrogens is 5. The van der Waals surface area contributed by atoms with Crippen molar-refractivity contribution < 1.29 is 4.52 Å². The lowest BCUT2D eigenvalue weighted by molar-refractivity contribution is 0.432. The monoisotopic (exact) mass is 339 g/mol. The van der Waals surface area contributed by atoms with Crippen LogP contribution in [0, 0.1) is 0 Å². The van der Waals surface area contributed by atoms with Crippen LogP contribution in [-0.4, -0.2) is 25.1 Å². The molecule has 0 aliphatic rings. The molecule has 0 radical (unpaired) electrons. The fraction of sp³-hybridized carbons (Fsp3) is 0.176. The number of nitrogens with zero attached hydrogens (tertiary/aromatic N) is 5. The Morgan fingerprint density at radius 3 is 2.67 bits per heavy atom. The van der Waals surface area contributed by atoms with E-state index in [1.807, 2.05) is 35.0 Å². The highest BCUT2D eigenvalue weighted by Crippen LogP contribution is 2.25. The zero-order valence-corrected chi connectivity index (χ0v) is 13.7. The van der Waals surface area contributed by atoms with Gasteiger partial charge in [-0.2, -0.15) is 4.98 Å². The maximum atomic E-state index is 5.90. The standard InChI is InChI=1S/C17H14ClN5O/c1-2-9-23-15-8-5-12(10-14(15)20-22-23)16-19-17(24-21-16)11-3-6-13(18)7-4-11/h3-8,10H,2,9H2,1H3. The van der Waals surface area contributed by atoms with Crippen LogP contribution in [0.25, 0.3) is 33.9 Å². The summed E-state index contributed by atoms with van der Waals surface area (Å²) in [4.78, 5) is 4.45. The van der Waals surface area contributed by atoms with Gasteiger partial charge in [0.2, 0.25) is 5.82 Å². The van der Waals surface area contributed by atoms with Crippen molar-refractivity contribution in [2.24, 2.45) is 0 Å². The van der Waals surface area contributed by atoms with Gasteiger partial charge in [-0.15, -0.1) is 5.10 Å². The molecule has 0 spiro atoms. The molecule has 4 aromatic rings. The van der Waals surface area contributed by atoms with Gasteiger partial charge in [0.05, 0.1) is 5.52 Å². The first-order chi connectivity index (χ1) is 11.7. The minimum Gasteiger partial charge on any atom is -0.334 e. The molecule has 2 aromatic carbocycles. The molecular weight excluding hydrogens is 326 g/mol. The minimum atomic E-state index is 0.455. The van der Waals surface area contributed by atoms with Crippen LogP contribution < -0.4 is 0 Å². The maximum Gasteiger partial charge on any atom is 0.258 e. The van der Waals surface area contributed by atoms with Gasteiger partial charge in [-0.05, 0) is 48.9 Å².